The molecule has 0 bridgehead atoms. The van der Waals surface area contributed by atoms with E-state index in [1.165, 1.54) is 6.07 Å². The number of nitrogens with zero attached hydrogens (tertiary/aromatic N) is 2. The van der Waals surface area contributed by atoms with Gasteiger partial charge in [-0.25, -0.2) is 4.39 Å². The molecular formula is C19H17FN2O2. The lowest BCUT2D eigenvalue weighted by Crippen LogP contribution is -2.29. The molecule has 2 heterocycles. The fourth-order valence-corrected chi connectivity index (χ4v) is 3.15. The van der Waals surface area contributed by atoms with Crippen LogP contribution in [0.4, 0.5) is 4.39 Å². The van der Waals surface area contributed by atoms with Crippen LogP contribution in [0.25, 0.3) is 11.3 Å². The van der Waals surface area contributed by atoms with E-state index in [1.807, 2.05) is 18.2 Å². The highest BCUT2D eigenvalue weighted by molar-refractivity contribution is 5.64. The minimum absolute atomic E-state index is 0.294. The number of phenolic OH excluding ortho intramolecular Hbond substituents is 1. The molecule has 0 saturated heterocycles. The lowest BCUT2D eigenvalue weighted by atomic mass is 10.0. The SMILES string of the molecule is Oc1ccccc1CN1CCc2onc(-c3ccccc3F)c2C1. The summed E-state index contributed by atoms with van der Waals surface area (Å²) in [6.45, 7) is 2.07. The standard InChI is InChI=1S/C19H17FN2O2/c20-16-7-3-2-6-14(16)19-15-12-22(10-9-18(15)24-21-19)11-13-5-1-4-8-17(13)23/h1-8,23H,9-12H2. The first-order chi connectivity index (χ1) is 11.7. The smallest absolute Gasteiger partial charge is 0.143 e. The van der Waals surface area contributed by atoms with Gasteiger partial charge in [0.15, 0.2) is 0 Å². The van der Waals surface area contributed by atoms with Gasteiger partial charge in [-0.1, -0.05) is 35.5 Å². The van der Waals surface area contributed by atoms with Crippen LogP contribution in [0, 0.1) is 5.82 Å². The molecule has 2 aromatic carbocycles. The molecule has 5 heteroatoms. The van der Waals surface area contributed by atoms with Gasteiger partial charge in [0, 0.05) is 42.7 Å². The van der Waals surface area contributed by atoms with Crippen molar-refractivity contribution >= 4 is 0 Å². The van der Waals surface area contributed by atoms with Crippen LogP contribution in [0.2, 0.25) is 0 Å². The van der Waals surface area contributed by atoms with Crippen LogP contribution < -0.4 is 0 Å². The molecule has 1 aliphatic rings. The lowest BCUT2D eigenvalue weighted by Gasteiger charge is -2.26. The molecule has 122 valence electrons. The fourth-order valence-electron chi connectivity index (χ4n) is 3.15. The van der Waals surface area contributed by atoms with Gasteiger partial charge in [0.25, 0.3) is 0 Å². The zero-order valence-electron chi connectivity index (χ0n) is 13.1. The minimum Gasteiger partial charge on any atom is -0.508 e. The first-order valence-corrected chi connectivity index (χ1v) is 7.94. The van der Waals surface area contributed by atoms with Crippen molar-refractivity contribution in [2.45, 2.75) is 19.5 Å². The van der Waals surface area contributed by atoms with Crippen molar-refractivity contribution in [1.82, 2.24) is 10.1 Å². The molecule has 0 saturated carbocycles. The van der Waals surface area contributed by atoms with E-state index >= 15 is 0 Å². The van der Waals surface area contributed by atoms with Gasteiger partial charge in [0.2, 0.25) is 0 Å². The van der Waals surface area contributed by atoms with E-state index in [-0.39, 0.29) is 5.82 Å². The normalized spacial score (nSPS) is 14.5. The van der Waals surface area contributed by atoms with Crippen molar-refractivity contribution in [2.75, 3.05) is 6.54 Å². The van der Waals surface area contributed by atoms with Crippen molar-refractivity contribution in [2.24, 2.45) is 0 Å². The third-order valence-electron chi connectivity index (χ3n) is 4.42. The van der Waals surface area contributed by atoms with Crippen molar-refractivity contribution in [1.29, 1.82) is 0 Å². The summed E-state index contributed by atoms with van der Waals surface area (Å²) in [5.74, 6) is 0.816. The molecule has 3 aromatic rings. The van der Waals surface area contributed by atoms with Gasteiger partial charge in [-0.2, -0.15) is 0 Å². The predicted octanol–water partition coefficient (Wildman–Crippen LogP) is 3.74. The van der Waals surface area contributed by atoms with Crippen LogP contribution in [-0.4, -0.2) is 21.7 Å². The lowest BCUT2D eigenvalue weighted by molar-refractivity contribution is 0.226. The number of phenols is 1. The molecule has 1 N–H and O–H groups in total. The number of hydrogen-bond donors (Lipinski definition) is 1. The highest BCUT2D eigenvalue weighted by Crippen LogP contribution is 2.32. The van der Waals surface area contributed by atoms with Crippen LogP contribution in [0.5, 0.6) is 5.75 Å². The number of rotatable bonds is 3. The zero-order chi connectivity index (χ0) is 16.5. The molecule has 24 heavy (non-hydrogen) atoms. The Balaban J connectivity index is 1.62. The summed E-state index contributed by atoms with van der Waals surface area (Å²) >= 11 is 0. The van der Waals surface area contributed by atoms with E-state index in [2.05, 4.69) is 10.1 Å². The molecule has 0 aliphatic carbocycles. The molecule has 0 spiro atoms. The first kappa shape index (κ1) is 14.9. The number of hydrogen-bond acceptors (Lipinski definition) is 4. The van der Waals surface area contributed by atoms with Crippen molar-refractivity contribution in [3.8, 4) is 17.0 Å². The van der Waals surface area contributed by atoms with Crippen molar-refractivity contribution < 1.29 is 14.0 Å². The number of fused-ring (bicyclic) bond motifs is 1. The molecule has 1 aromatic heterocycles. The maximum Gasteiger partial charge on any atom is 0.143 e. The number of aromatic nitrogens is 1. The molecule has 0 unspecified atom stereocenters. The Morgan fingerprint density at radius 3 is 2.75 bits per heavy atom. The summed E-state index contributed by atoms with van der Waals surface area (Å²) in [4.78, 5) is 2.21. The average molecular weight is 324 g/mol. The van der Waals surface area contributed by atoms with E-state index in [0.717, 1.165) is 29.9 Å². The Morgan fingerprint density at radius 2 is 1.92 bits per heavy atom. The molecule has 0 radical (unpaired) electrons. The maximum absolute atomic E-state index is 14.1. The molecule has 1 aliphatic heterocycles. The maximum atomic E-state index is 14.1. The van der Waals surface area contributed by atoms with E-state index in [9.17, 15) is 9.50 Å². The van der Waals surface area contributed by atoms with Gasteiger partial charge in [-0.3, -0.25) is 4.90 Å². The van der Waals surface area contributed by atoms with Crippen molar-refractivity contribution in [3.63, 3.8) is 0 Å². The minimum atomic E-state index is -0.300. The molecular weight excluding hydrogens is 307 g/mol. The van der Waals surface area contributed by atoms with Gasteiger partial charge >= 0.3 is 0 Å². The summed E-state index contributed by atoms with van der Waals surface area (Å²) in [6, 6.07) is 13.9. The zero-order valence-corrected chi connectivity index (χ0v) is 13.1. The second kappa shape index (κ2) is 6.09. The fraction of sp³-hybridized carbons (Fsp3) is 0.211. The van der Waals surface area contributed by atoms with Crippen LogP contribution in [-0.2, 0) is 19.5 Å². The Hall–Kier alpha value is -2.66. The number of aromatic hydroxyl groups is 1. The second-order valence-corrected chi connectivity index (χ2v) is 6.00. The monoisotopic (exact) mass is 324 g/mol. The van der Waals surface area contributed by atoms with Gasteiger partial charge in [-0.05, 0) is 18.2 Å². The highest BCUT2D eigenvalue weighted by atomic mass is 19.1. The number of para-hydroxylation sites is 1. The van der Waals surface area contributed by atoms with Crippen LogP contribution >= 0.6 is 0 Å². The summed E-state index contributed by atoms with van der Waals surface area (Å²) < 4.78 is 19.5. The van der Waals surface area contributed by atoms with E-state index in [0.29, 0.717) is 30.1 Å². The average Bonchev–Trinajstić information content (AvgIpc) is 3.00. The van der Waals surface area contributed by atoms with Crippen LogP contribution in [0.1, 0.15) is 16.9 Å². The van der Waals surface area contributed by atoms with Gasteiger partial charge < -0.3 is 9.63 Å². The number of halogens is 1. The summed E-state index contributed by atoms with van der Waals surface area (Å²) in [5.41, 5.74) is 2.85. The molecule has 0 atom stereocenters. The van der Waals surface area contributed by atoms with E-state index in [4.69, 9.17) is 4.52 Å². The molecule has 4 rings (SSSR count). The van der Waals surface area contributed by atoms with Crippen molar-refractivity contribution in [3.05, 3.63) is 71.2 Å². The summed E-state index contributed by atoms with van der Waals surface area (Å²) in [7, 11) is 0. The Bertz CT molecular complexity index is 875. The third-order valence-corrected chi connectivity index (χ3v) is 4.42. The van der Waals surface area contributed by atoms with Crippen LogP contribution in [0.15, 0.2) is 53.1 Å². The Morgan fingerprint density at radius 1 is 1.12 bits per heavy atom. The van der Waals surface area contributed by atoms with Gasteiger partial charge in [0.05, 0.1) is 0 Å². The summed E-state index contributed by atoms with van der Waals surface area (Å²) in [6.07, 6.45) is 0.727. The number of benzene rings is 2. The molecule has 0 fully saturated rings. The predicted molar refractivity (Wildman–Crippen MR) is 87.8 cm³/mol. The Labute approximate surface area is 139 Å². The first-order valence-electron chi connectivity index (χ1n) is 7.94. The Kier molecular flexibility index (Phi) is 3.78. The largest absolute Gasteiger partial charge is 0.508 e. The van der Waals surface area contributed by atoms with E-state index in [1.54, 1.807) is 24.3 Å². The molecule has 0 amide bonds. The van der Waals surface area contributed by atoms with Gasteiger partial charge in [0.1, 0.15) is 23.0 Å². The third kappa shape index (κ3) is 2.67. The van der Waals surface area contributed by atoms with Crippen LogP contribution in [0.3, 0.4) is 0 Å². The second-order valence-electron chi connectivity index (χ2n) is 6.00. The van der Waals surface area contributed by atoms with Gasteiger partial charge in [-0.15, -0.1) is 0 Å². The topological polar surface area (TPSA) is 49.5 Å². The summed E-state index contributed by atoms with van der Waals surface area (Å²) in [5, 5.41) is 14.1. The highest BCUT2D eigenvalue weighted by Gasteiger charge is 2.26. The van der Waals surface area contributed by atoms with E-state index < -0.39 is 0 Å². The molecule has 4 nitrogen and oxygen atoms in total. The quantitative estimate of drug-likeness (QED) is 0.797.